The van der Waals surface area contributed by atoms with Gasteiger partial charge in [0.2, 0.25) is 5.88 Å². The third-order valence-electron chi connectivity index (χ3n) is 2.04. The van der Waals surface area contributed by atoms with E-state index < -0.39 is 5.97 Å². The fourth-order valence-corrected chi connectivity index (χ4v) is 1.42. The zero-order valence-electron chi connectivity index (χ0n) is 9.81. The van der Waals surface area contributed by atoms with E-state index in [0.717, 1.165) is 13.0 Å². The topological polar surface area (TPSA) is 62.7 Å². The molecule has 0 radical (unpaired) electrons. The van der Waals surface area contributed by atoms with Crippen LogP contribution in [0.2, 0.25) is 5.02 Å². The molecule has 1 aromatic heterocycles. The maximum Gasteiger partial charge on any atom is 0.337 e. The lowest BCUT2D eigenvalue weighted by Crippen LogP contribution is -2.15. The van der Waals surface area contributed by atoms with E-state index in [1.165, 1.54) is 12.3 Å². The quantitative estimate of drug-likeness (QED) is 0.788. The summed E-state index contributed by atoms with van der Waals surface area (Å²) in [6, 6.07) is 1.33. The monoisotopic (exact) mass is 258 g/mol. The number of hydrogen-bond donors (Lipinski definition) is 1. The molecular formula is C11H15ClN2O3. The Hall–Kier alpha value is -1.33. The highest BCUT2D eigenvalue weighted by Gasteiger charge is 2.09. The van der Waals surface area contributed by atoms with Crippen LogP contribution in [-0.2, 0) is 0 Å². The van der Waals surface area contributed by atoms with Crippen LogP contribution in [0.5, 0.6) is 5.88 Å². The van der Waals surface area contributed by atoms with Crippen molar-refractivity contribution in [1.29, 1.82) is 0 Å². The van der Waals surface area contributed by atoms with Gasteiger partial charge in [0, 0.05) is 12.7 Å². The van der Waals surface area contributed by atoms with Gasteiger partial charge >= 0.3 is 5.97 Å². The minimum absolute atomic E-state index is 0.0515. The van der Waals surface area contributed by atoms with E-state index in [1.54, 1.807) is 0 Å². The molecule has 0 bridgehead atoms. The Kier molecular flexibility index (Phi) is 5.18. The van der Waals surface area contributed by atoms with Gasteiger partial charge in [0.25, 0.3) is 0 Å². The molecule has 1 N–H and O–H groups in total. The highest BCUT2D eigenvalue weighted by molar-refractivity contribution is 6.32. The van der Waals surface area contributed by atoms with Gasteiger partial charge in [-0.1, -0.05) is 11.6 Å². The van der Waals surface area contributed by atoms with E-state index in [1.807, 2.05) is 19.0 Å². The van der Waals surface area contributed by atoms with Gasteiger partial charge < -0.3 is 14.7 Å². The molecule has 0 aromatic carbocycles. The first-order valence-electron chi connectivity index (χ1n) is 5.17. The molecule has 0 aliphatic rings. The van der Waals surface area contributed by atoms with Gasteiger partial charge in [0.05, 0.1) is 12.2 Å². The van der Waals surface area contributed by atoms with Crippen molar-refractivity contribution in [2.75, 3.05) is 27.2 Å². The second-order valence-corrected chi connectivity index (χ2v) is 4.23. The number of carboxylic acids is 1. The van der Waals surface area contributed by atoms with Crippen LogP contribution in [0.4, 0.5) is 0 Å². The number of ether oxygens (including phenoxy) is 1. The molecule has 0 amide bonds. The molecule has 1 rings (SSSR count). The lowest BCUT2D eigenvalue weighted by atomic mass is 10.3. The summed E-state index contributed by atoms with van der Waals surface area (Å²) in [5.41, 5.74) is 0.0515. The van der Waals surface area contributed by atoms with E-state index in [9.17, 15) is 4.79 Å². The minimum Gasteiger partial charge on any atom is -0.478 e. The molecular weight excluding hydrogens is 244 g/mol. The van der Waals surface area contributed by atoms with Gasteiger partial charge in [0.1, 0.15) is 5.02 Å². The van der Waals surface area contributed by atoms with Crippen LogP contribution < -0.4 is 4.74 Å². The van der Waals surface area contributed by atoms with Gasteiger partial charge in [-0.15, -0.1) is 0 Å². The Balaban J connectivity index is 2.52. The first kappa shape index (κ1) is 13.7. The molecule has 6 heteroatoms. The molecule has 94 valence electrons. The molecule has 17 heavy (non-hydrogen) atoms. The van der Waals surface area contributed by atoms with Crippen molar-refractivity contribution in [3.05, 3.63) is 22.8 Å². The summed E-state index contributed by atoms with van der Waals surface area (Å²) in [4.78, 5) is 16.6. The predicted molar refractivity (Wildman–Crippen MR) is 64.9 cm³/mol. The first-order chi connectivity index (χ1) is 8.00. The molecule has 0 aliphatic carbocycles. The van der Waals surface area contributed by atoms with Crippen LogP contribution >= 0.6 is 11.6 Å². The summed E-state index contributed by atoms with van der Waals surface area (Å²) in [7, 11) is 3.96. The second-order valence-electron chi connectivity index (χ2n) is 3.82. The summed E-state index contributed by atoms with van der Waals surface area (Å²) in [6.45, 7) is 1.40. The Bertz CT molecular complexity index is 396. The first-order valence-corrected chi connectivity index (χ1v) is 5.55. The van der Waals surface area contributed by atoms with Crippen LogP contribution in [0.1, 0.15) is 16.8 Å². The molecule has 0 unspecified atom stereocenters. The van der Waals surface area contributed by atoms with Gasteiger partial charge in [-0.3, -0.25) is 0 Å². The molecule has 5 nitrogen and oxygen atoms in total. The van der Waals surface area contributed by atoms with Crippen molar-refractivity contribution in [2.24, 2.45) is 0 Å². The Morgan fingerprint density at radius 2 is 2.29 bits per heavy atom. The van der Waals surface area contributed by atoms with Crippen molar-refractivity contribution < 1.29 is 14.6 Å². The lowest BCUT2D eigenvalue weighted by Gasteiger charge is -2.10. The maximum absolute atomic E-state index is 10.7. The normalized spacial score (nSPS) is 10.6. The largest absolute Gasteiger partial charge is 0.478 e. The number of rotatable bonds is 6. The molecule has 0 aliphatic heterocycles. The third-order valence-corrected chi connectivity index (χ3v) is 2.31. The molecule has 1 heterocycles. The Labute approximate surface area is 105 Å². The zero-order chi connectivity index (χ0) is 12.8. The predicted octanol–water partition coefficient (Wildman–Crippen LogP) is 1.76. The van der Waals surface area contributed by atoms with E-state index in [0.29, 0.717) is 6.61 Å². The Morgan fingerprint density at radius 1 is 1.59 bits per heavy atom. The highest BCUT2D eigenvalue weighted by Crippen LogP contribution is 2.22. The van der Waals surface area contributed by atoms with Crippen LogP contribution in [0.25, 0.3) is 0 Å². The molecule has 0 saturated carbocycles. The van der Waals surface area contributed by atoms with E-state index in [4.69, 9.17) is 21.4 Å². The summed E-state index contributed by atoms with van der Waals surface area (Å²) in [5.74, 6) is -0.783. The molecule has 0 atom stereocenters. The molecule has 1 aromatic rings. The number of aromatic carboxylic acids is 1. The summed E-state index contributed by atoms with van der Waals surface area (Å²) >= 11 is 5.85. The van der Waals surface area contributed by atoms with E-state index >= 15 is 0 Å². The molecule has 0 saturated heterocycles. The number of halogens is 1. The SMILES string of the molecule is CN(C)CCCOc1ncc(C(=O)O)cc1Cl. The van der Waals surface area contributed by atoms with Gasteiger partial charge in [0.15, 0.2) is 0 Å². The number of aromatic nitrogens is 1. The standard InChI is InChI=1S/C11H15ClN2O3/c1-14(2)4-3-5-17-10-9(12)6-8(7-13-10)11(15)16/h6-7H,3-5H2,1-2H3,(H,15,16). The number of nitrogens with zero attached hydrogens (tertiary/aromatic N) is 2. The maximum atomic E-state index is 10.7. The van der Waals surface area contributed by atoms with E-state index in [2.05, 4.69) is 4.98 Å². The average Bonchev–Trinajstić information content (AvgIpc) is 2.25. The smallest absolute Gasteiger partial charge is 0.337 e. The minimum atomic E-state index is -1.06. The summed E-state index contributed by atoms with van der Waals surface area (Å²) in [5, 5.41) is 8.95. The molecule has 0 fully saturated rings. The van der Waals surface area contributed by atoms with Crippen LogP contribution in [0.15, 0.2) is 12.3 Å². The fourth-order valence-electron chi connectivity index (χ4n) is 1.20. The van der Waals surface area contributed by atoms with Crippen molar-refractivity contribution in [3.8, 4) is 5.88 Å². The van der Waals surface area contributed by atoms with Crippen LogP contribution in [0, 0.1) is 0 Å². The number of hydrogen-bond acceptors (Lipinski definition) is 4. The number of carbonyl (C=O) groups is 1. The van der Waals surface area contributed by atoms with Gasteiger partial charge in [-0.2, -0.15) is 0 Å². The van der Waals surface area contributed by atoms with Gasteiger partial charge in [-0.05, 0) is 26.6 Å². The number of pyridine rings is 1. The fraction of sp³-hybridized carbons (Fsp3) is 0.455. The van der Waals surface area contributed by atoms with Crippen molar-refractivity contribution in [3.63, 3.8) is 0 Å². The van der Waals surface area contributed by atoms with Gasteiger partial charge in [-0.25, -0.2) is 9.78 Å². The number of carboxylic acid groups (broad SMARTS) is 1. The highest BCUT2D eigenvalue weighted by atomic mass is 35.5. The van der Waals surface area contributed by atoms with Crippen LogP contribution in [0.3, 0.4) is 0 Å². The average molecular weight is 259 g/mol. The van der Waals surface area contributed by atoms with E-state index in [-0.39, 0.29) is 16.5 Å². The summed E-state index contributed by atoms with van der Waals surface area (Å²) < 4.78 is 5.36. The Morgan fingerprint density at radius 3 is 2.82 bits per heavy atom. The van der Waals surface area contributed by atoms with Crippen LogP contribution in [-0.4, -0.2) is 48.2 Å². The van der Waals surface area contributed by atoms with Crippen molar-refractivity contribution in [1.82, 2.24) is 9.88 Å². The summed E-state index contributed by atoms with van der Waals surface area (Å²) in [6.07, 6.45) is 2.08. The van der Waals surface area contributed by atoms with Crippen molar-refractivity contribution in [2.45, 2.75) is 6.42 Å². The second kappa shape index (κ2) is 6.42. The molecule has 0 spiro atoms. The van der Waals surface area contributed by atoms with Crippen molar-refractivity contribution >= 4 is 17.6 Å². The lowest BCUT2D eigenvalue weighted by molar-refractivity contribution is 0.0696. The zero-order valence-corrected chi connectivity index (χ0v) is 10.6. The third kappa shape index (κ3) is 4.58.